The number of benzene rings is 2. The van der Waals surface area contributed by atoms with Crippen molar-refractivity contribution < 1.29 is 22.5 Å². The van der Waals surface area contributed by atoms with Gasteiger partial charge in [0.25, 0.3) is 0 Å². The molecule has 0 aliphatic heterocycles. The molecule has 2 nitrogen and oxygen atoms in total. The fourth-order valence-corrected chi connectivity index (χ4v) is 2.63. The van der Waals surface area contributed by atoms with E-state index in [1.807, 2.05) is 45.0 Å². The maximum Gasteiger partial charge on any atom is 0.643 e. The van der Waals surface area contributed by atoms with Crippen LogP contribution in [0.4, 0.5) is 0 Å². The normalized spacial score (nSPS) is 16.5. The largest absolute Gasteiger partial charge is 0.643 e. The number of phenols is 2. The molecule has 0 aliphatic rings. The van der Waals surface area contributed by atoms with E-state index in [9.17, 15) is 10.2 Å². The second kappa shape index (κ2) is 15.2. The van der Waals surface area contributed by atoms with Gasteiger partial charge in [0.15, 0.2) is 0 Å². The van der Waals surface area contributed by atoms with Gasteiger partial charge in [0, 0.05) is 17.2 Å². The number of hydrogen-bond acceptors (Lipinski definition) is 2. The number of para-hydroxylation sites is 1. The van der Waals surface area contributed by atoms with Crippen LogP contribution in [0.25, 0.3) is 0 Å². The highest BCUT2D eigenvalue weighted by Gasteiger charge is 2.22. The number of phenolic OH excluding ortho intramolecular Hbond substituents is 2. The fourth-order valence-electron chi connectivity index (χ4n) is 2.63. The Morgan fingerprint density at radius 3 is 1.40 bits per heavy atom. The first-order chi connectivity index (χ1) is 19.1. The number of aromatic hydroxyl groups is 2. The van der Waals surface area contributed by atoms with Crippen LogP contribution in [-0.2, 0) is 16.2 Å². The van der Waals surface area contributed by atoms with Gasteiger partial charge in [-0.25, -0.2) is 30.1 Å². The summed E-state index contributed by atoms with van der Waals surface area (Å²) in [5.41, 5.74) is 1.39. The van der Waals surface area contributed by atoms with Gasteiger partial charge in [-0.05, 0) is 65.7 Å². The molecule has 0 aromatic heterocycles. The van der Waals surface area contributed by atoms with Crippen LogP contribution in [-0.4, -0.2) is 26.5 Å². The van der Waals surface area contributed by atoms with Crippen molar-refractivity contribution in [1.29, 1.82) is 0 Å². The number of alkyl halides is 1. The minimum atomic E-state index is -2.67. The molecular weight excluding hydrogens is 537 g/mol. The maximum absolute atomic E-state index is 9.90. The topological polar surface area (TPSA) is 40.5 Å². The highest BCUT2D eigenvalue weighted by molar-refractivity contribution is 7.54. The summed E-state index contributed by atoms with van der Waals surface area (Å²) in [6, 6.07) is 12.5. The number of halogens is 4. The molecule has 2 aromatic rings. The van der Waals surface area contributed by atoms with E-state index in [2.05, 4.69) is 20.8 Å². The van der Waals surface area contributed by atoms with Crippen molar-refractivity contribution in [3.63, 3.8) is 0 Å². The number of rotatable bonds is 0. The summed E-state index contributed by atoms with van der Waals surface area (Å²) < 4.78 is 63.9. The molecule has 0 fully saturated rings. The van der Waals surface area contributed by atoms with Gasteiger partial charge in [-0.3, -0.25) is 0 Å². The van der Waals surface area contributed by atoms with Crippen LogP contribution >= 0.6 is 41.7 Å². The molecular formula is C28H45AlCl4O2. The average Bonchev–Trinajstić information content (AvgIpc) is 2.76. The summed E-state index contributed by atoms with van der Waals surface area (Å²) in [5.74, 6) is 0.604. The van der Waals surface area contributed by atoms with E-state index in [0.29, 0.717) is 5.75 Å². The molecule has 35 heavy (non-hydrogen) atoms. The molecule has 2 rings (SSSR count). The standard InChI is InChI=1S/C14H22O.C10H14O.C4H9Cl.Al.3ClH/c1-13(2,3)10-7-8-12(15)11(9-10)14(4,5)6;1-10(2,3)8-6-4-5-7-9(8)11;1-4(2,3)5;;;;/h7-9,15H,1-6H3;4-7,11H,1-3H3;1-3H3;;3*1H/q;;;+3;;;/p-3/i1D3;;1D3,2D3;;;;. The molecule has 0 bridgehead atoms. The van der Waals surface area contributed by atoms with Crippen molar-refractivity contribution in [1.82, 2.24) is 0 Å². The van der Waals surface area contributed by atoms with Crippen LogP contribution < -0.4 is 0 Å². The molecule has 0 atom stereocenters. The van der Waals surface area contributed by atoms with Crippen LogP contribution in [0, 0.1) is 0 Å². The zero-order valence-corrected chi connectivity index (χ0v) is 26.2. The van der Waals surface area contributed by atoms with E-state index < -0.39 is 42.2 Å². The molecule has 0 saturated carbocycles. The van der Waals surface area contributed by atoms with Crippen molar-refractivity contribution >= 4 is 53.1 Å². The first-order valence-electron chi connectivity index (χ1n) is 15.4. The third-order valence-electron chi connectivity index (χ3n) is 4.24. The van der Waals surface area contributed by atoms with Gasteiger partial charge in [0.05, 0.1) is 0 Å². The SMILES string of the molecule is CC(C)(C)c1ccccc1O.[2H]C([2H])([2H])C(C)(C)c1ccc(O)c(C(C)(C)C)c1.[2H]C([2H])([2H])C(C)(Cl)C([2H])([2H])[2H].[Cl][Al]([Cl])[Cl]. The summed E-state index contributed by atoms with van der Waals surface area (Å²) in [5, 5.41) is 19.3. The third-order valence-corrected chi connectivity index (χ3v) is 4.24. The van der Waals surface area contributed by atoms with Gasteiger partial charge >= 0.3 is 11.4 Å². The van der Waals surface area contributed by atoms with E-state index in [1.165, 1.54) is 0 Å². The molecule has 7 heteroatoms. The van der Waals surface area contributed by atoms with Crippen LogP contribution in [0.2, 0.25) is 0 Å². The Hall–Kier alpha value is -0.268. The zero-order valence-electron chi connectivity index (χ0n) is 31.0. The van der Waals surface area contributed by atoms with Crippen LogP contribution in [0.15, 0.2) is 42.5 Å². The molecule has 200 valence electrons. The first-order valence-corrected chi connectivity index (χ1v) is 16.5. The van der Waals surface area contributed by atoms with Gasteiger partial charge in [-0.15, -0.1) is 11.6 Å². The summed E-state index contributed by atoms with van der Waals surface area (Å²) in [7, 11) is 14.8. The minimum absolute atomic E-state index is 0.0331. The quantitative estimate of drug-likeness (QED) is 0.236. The Kier molecular flexibility index (Phi) is 9.87. The molecule has 2 N–H and O–H groups in total. The Morgan fingerprint density at radius 1 is 0.657 bits per heavy atom. The van der Waals surface area contributed by atoms with Crippen molar-refractivity contribution in [2.75, 3.05) is 0 Å². The molecule has 0 amide bonds. The Bertz CT molecular complexity index is 1150. The Morgan fingerprint density at radius 2 is 1.09 bits per heavy atom. The Labute approximate surface area is 249 Å². The predicted octanol–water partition coefficient (Wildman–Crippen LogP) is 10.4. The van der Waals surface area contributed by atoms with Crippen LogP contribution in [0.1, 0.15) is 112 Å². The molecule has 0 radical (unpaired) electrons. The lowest BCUT2D eigenvalue weighted by atomic mass is 9.80. The van der Waals surface area contributed by atoms with E-state index >= 15 is 0 Å². The molecule has 0 saturated heterocycles. The molecule has 0 unspecified atom stereocenters. The third kappa shape index (κ3) is 19.5. The van der Waals surface area contributed by atoms with E-state index in [1.54, 1.807) is 32.0 Å². The number of hydrogen-bond donors (Lipinski definition) is 2. The second-order valence-electron chi connectivity index (χ2n) is 10.6. The summed E-state index contributed by atoms with van der Waals surface area (Å²) in [4.78, 5) is -2.15. The van der Waals surface area contributed by atoms with Crippen molar-refractivity contribution in [3.05, 3.63) is 59.2 Å². The van der Waals surface area contributed by atoms with Crippen LogP contribution in [0.5, 0.6) is 11.5 Å². The van der Waals surface area contributed by atoms with Crippen molar-refractivity contribution in [2.24, 2.45) is 0 Å². The smallest absolute Gasteiger partial charge is 0.508 e. The zero-order chi connectivity index (χ0) is 35.9. The lowest BCUT2D eigenvalue weighted by Crippen LogP contribution is -2.16. The summed E-state index contributed by atoms with van der Waals surface area (Å²) in [6.07, 6.45) is 0. The van der Waals surface area contributed by atoms with Gasteiger partial charge in [0.2, 0.25) is 0 Å². The average molecular weight is 592 g/mol. The lowest BCUT2D eigenvalue weighted by molar-refractivity contribution is 0.444. The van der Waals surface area contributed by atoms with Crippen LogP contribution in [0.3, 0.4) is 0 Å². The Balaban J connectivity index is 0. The van der Waals surface area contributed by atoms with Gasteiger partial charge in [-0.2, -0.15) is 0 Å². The minimum Gasteiger partial charge on any atom is -0.508 e. The molecule has 0 heterocycles. The maximum atomic E-state index is 9.90. The summed E-state index contributed by atoms with van der Waals surface area (Å²) in [6.45, 7) is 9.24. The predicted molar refractivity (Wildman–Crippen MR) is 161 cm³/mol. The fraction of sp³-hybridized carbons (Fsp3) is 0.571. The highest BCUT2D eigenvalue weighted by Crippen LogP contribution is 2.34. The summed E-state index contributed by atoms with van der Waals surface area (Å²) >= 11 is 3.64. The molecule has 0 aliphatic carbocycles. The van der Waals surface area contributed by atoms with E-state index in [4.69, 9.17) is 54.1 Å². The van der Waals surface area contributed by atoms with E-state index in [-0.39, 0.29) is 16.6 Å². The highest BCUT2D eigenvalue weighted by atomic mass is 35.8. The second-order valence-corrected chi connectivity index (χ2v) is 17.8. The lowest BCUT2D eigenvalue weighted by Gasteiger charge is -2.25. The van der Waals surface area contributed by atoms with E-state index in [0.717, 1.165) is 23.6 Å². The van der Waals surface area contributed by atoms with Gasteiger partial charge < -0.3 is 10.2 Å². The van der Waals surface area contributed by atoms with Gasteiger partial charge in [-0.1, -0.05) is 92.6 Å². The monoisotopic (exact) mass is 589 g/mol. The van der Waals surface area contributed by atoms with Crippen molar-refractivity contribution in [3.8, 4) is 11.5 Å². The molecule has 0 spiro atoms. The van der Waals surface area contributed by atoms with Crippen molar-refractivity contribution in [2.45, 2.75) is 104 Å². The van der Waals surface area contributed by atoms with Gasteiger partial charge in [0.1, 0.15) is 11.5 Å². The first kappa shape index (κ1) is 22.7. The molecule has 2 aromatic carbocycles.